The Morgan fingerprint density at radius 2 is 1.93 bits per heavy atom. The average molecular weight is 387 g/mol. The van der Waals surface area contributed by atoms with Gasteiger partial charge < -0.3 is 9.47 Å². The molecule has 1 spiro atoms. The third-order valence-corrected chi connectivity index (χ3v) is 6.62. The minimum absolute atomic E-state index is 0.214. The van der Waals surface area contributed by atoms with Crippen LogP contribution in [0.5, 0.6) is 0 Å². The molecular formula is C21H27ClN4O. The van der Waals surface area contributed by atoms with Gasteiger partial charge >= 0.3 is 0 Å². The van der Waals surface area contributed by atoms with Crippen LogP contribution in [0.3, 0.4) is 0 Å². The molecule has 2 aromatic rings. The minimum Gasteiger partial charge on any atom is -0.342 e. The zero-order chi connectivity index (χ0) is 18.9. The molecule has 6 heteroatoms. The van der Waals surface area contributed by atoms with Gasteiger partial charge in [0, 0.05) is 37.5 Å². The van der Waals surface area contributed by atoms with Crippen molar-refractivity contribution in [1.29, 1.82) is 0 Å². The van der Waals surface area contributed by atoms with Gasteiger partial charge in [0.25, 0.3) is 0 Å². The van der Waals surface area contributed by atoms with Crippen LogP contribution in [0.1, 0.15) is 49.8 Å². The highest BCUT2D eigenvalue weighted by molar-refractivity contribution is 6.30. The maximum Gasteiger partial charge on any atom is 0.226 e. The van der Waals surface area contributed by atoms with Crippen molar-refractivity contribution in [3.05, 3.63) is 46.5 Å². The highest BCUT2D eigenvalue weighted by atomic mass is 35.5. The first-order chi connectivity index (χ1) is 13.1. The number of amides is 1. The van der Waals surface area contributed by atoms with E-state index in [1.165, 1.54) is 6.42 Å². The molecule has 0 saturated carbocycles. The third-order valence-electron chi connectivity index (χ3n) is 6.39. The maximum absolute atomic E-state index is 12.7. The van der Waals surface area contributed by atoms with Crippen molar-refractivity contribution in [1.82, 2.24) is 19.7 Å². The molecule has 0 N–H and O–H groups in total. The van der Waals surface area contributed by atoms with Crippen molar-refractivity contribution in [2.24, 2.45) is 5.41 Å². The summed E-state index contributed by atoms with van der Waals surface area (Å²) in [6.07, 6.45) is 6.89. The summed E-state index contributed by atoms with van der Waals surface area (Å²) in [5.74, 6) is 2.46. The highest BCUT2D eigenvalue weighted by Gasteiger charge is 2.37. The summed E-state index contributed by atoms with van der Waals surface area (Å²) in [7, 11) is 0. The molecule has 1 amide bonds. The summed E-state index contributed by atoms with van der Waals surface area (Å²) >= 11 is 6.04. The fraction of sp³-hybridized carbons (Fsp3) is 0.571. The van der Waals surface area contributed by atoms with Crippen molar-refractivity contribution in [3.8, 4) is 0 Å². The second-order valence-corrected chi connectivity index (χ2v) is 8.41. The number of rotatable bonds is 3. The molecule has 2 aliphatic rings. The second kappa shape index (κ2) is 7.63. The van der Waals surface area contributed by atoms with Crippen LogP contribution in [0, 0.1) is 5.41 Å². The molecule has 0 bridgehead atoms. The van der Waals surface area contributed by atoms with E-state index in [1.54, 1.807) is 0 Å². The van der Waals surface area contributed by atoms with E-state index in [4.69, 9.17) is 11.6 Å². The molecule has 0 radical (unpaired) electrons. The number of carbonyl (C=O) groups is 1. The topological polar surface area (TPSA) is 51.0 Å². The molecule has 4 rings (SSSR count). The first kappa shape index (κ1) is 18.5. The Kier molecular flexibility index (Phi) is 5.22. The molecular weight excluding hydrogens is 360 g/mol. The standard InChI is InChI=1S/C21H27ClN4O/c1-2-18-23-24-19-6-7-21(10-13-26(18)19)8-11-25(12-9-21)20(27)15-16-4-3-5-17(22)14-16/h3-5,14H,2,6-13,15H2,1H3. The fourth-order valence-corrected chi connectivity index (χ4v) is 4.80. The van der Waals surface area contributed by atoms with Gasteiger partial charge in [-0.2, -0.15) is 0 Å². The van der Waals surface area contributed by atoms with Crippen LogP contribution in [0.4, 0.5) is 0 Å². The van der Waals surface area contributed by atoms with Crippen LogP contribution in [0.15, 0.2) is 24.3 Å². The Bertz CT molecular complexity index is 823. The molecule has 5 nitrogen and oxygen atoms in total. The van der Waals surface area contributed by atoms with Crippen LogP contribution in [-0.4, -0.2) is 38.7 Å². The van der Waals surface area contributed by atoms with Crippen molar-refractivity contribution in [2.75, 3.05) is 13.1 Å². The maximum atomic E-state index is 12.7. The number of aryl methyl sites for hydroxylation is 2. The zero-order valence-electron chi connectivity index (χ0n) is 16.0. The van der Waals surface area contributed by atoms with E-state index >= 15 is 0 Å². The molecule has 3 heterocycles. The van der Waals surface area contributed by atoms with E-state index in [0.717, 1.165) is 69.0 Å². The Hall–Kier alpha value is -1.88. The van der Waals surface area contributed by atoms with Gasteiger partial charge in [-0.1, -0.05) is 30.7 Å². The summed E-state index contributed by atoms with van der Waals surface area (Å²) in [6.45, 7) is 4.88. The number of nitrogens with zero attached hydrogens (tertiary/aromatic N) is 4. The van der Waals surface area contributed by atoms with Crippen LogP contribution in [-0.2, 0) is 30.6 Å². The van der Waals surface area contributed by atoms with E-state index in [9.17, 15) is 4.79 Å². The van der Waals surface area contributed by atoms with Crippen molar-refractivity contribution in [3.63, 3.8) is 0 Å². The number of hydrogen-bond acceptors (Lipinski definition) is 3. The molecule has 1 fully saturated rings. The molecule has 1 saturated heterocycles. The SMILES string of the molecule is CCc1nnc2n1CCC1(CC2)CCN(C(=O)Cc2cccc(Cl)c2)CC1. The number of benzene rings is 1. The van der Waals surface area contributed by atoms with Gasteiger partial charge in [0.1, 0.15) is 11.6 Å². The van der Waals surface area contributed by atoms with Crippen molar-refractivity contribution < 1.29 is 4.79 Å². The van der Waals surface area contributed by atoms with E-state index in [0.29, 0.717) is 16.9 Å². The Labute approximate surface area is 165 Å². The molecule has 0 unspecified atom stereocenters. The molecule has 1 aromatic heterocycles. The van der Waals surface area contributed by atoms with Crippen LogP contribution < -0.4 is 0 Å². The summed E-state index contributed by atoms with van der Waals surface area (Å²) in [5.41, 5.74) is 1.34. The smallest absolute Gasteiger partial charge is 0.226 e. The number of piperidine rings is 1. The van der Waals surface area contributed by atoms with Gasteiger partial charge in [-0.3, -0.25) is 4.79 Å². The van der Waals surface area contributed by atoms with Crippen LogP contribution in [0.25, 0.3) is 0 Å². The lowest BCUT2D eigenvalue weighted by Gasteiger charge is -2.41. The quantitative estimate of drug-likeness (QED) is 0.808. The van der Waals surface area contributed by atoms with Crippen molar-refractivity contribution in [2.45, 2.75) is 58.4 Å². The molecule has 27 heavy (non-hydrogen) atoms. The minimum atomic E-state index is 0.214. The number of fused-ring (bicyclic) bond motifs is 1. The first-order valence-electron chi connectivity index (χ1n) is 10.0. The normalized spacial score (nSPS) is 19.0. The van der Waals surface area contributed by atoms with Crippen LogP contribution >= 0.6 is 11.6 Å². The summed E-state index contributed by atoms with van der Waals surface area (Å²) < 4.78 is 2.32. The van der Waals surface area contributed by atoms with Gasteiger partial charge in [-0.25, -0.2) is 0 Å². The number of likely N-dealkylation sites (tertiary alicyclic amines) is 1. The van der Waals surface area contributed by atoms with Gasteiger partial charge in [0.2, 0.25) is 5.91 Å². The zero-order valence-corrected chi connectivity index (χ0v) is 16.7. The number of carbonyl (C=O) groups excluding carboxylic acids is 1. The van der Waals surface area contributed by atoms with Gasteiger partial charge in [0.05, 0.1) is 6.42 Å². The summed E-state index contributed by atoms with van der Waals surface area (Å²) in [6, 6.07) is 7.61. The van der Waals surface area contributed by atoms with Gasteiger partial charge in [0.15, 0.2) is 0 Å². The molecule has 144 valence electrons. The van der Waals surface area contributed by atoms with Gasteiger partial charge in [-0.05, 0) is 48.8 Å². The van der Waals surface area contributed by atoms with E-state index < -0.39 is 0 Å². The van der Waals surface area contributed by atoms with E-state index in [-0.39, 0.29) is 5.91 Å². The summed E-state index contributed by atoms with van der Waals surface area (Å²) in [4.78, 5) is 14.7. The van der Waals surface area contributed by atoms with Gasteiger partial charge in [-0.15, -0.1) is 10.2 Å². The predicted octanol–water partition coefficient (Wildman–Crippen LogP) is 3.68. The van der Waals surface area contributed by atoms with E-state index in [1.807, 2.05) is 29.2 Å². The monoisotopic (exact) mass is 386 g/mol. The Morgan fingerprint density at radius 1 is 1.15 bits per heavy atom. The van der Waals surface area contributed by atoms with Crippen LogP contribution in [0.2, 0.25) is 5.02 Å². The first-order valence-corrected chi connectivity index (χ1v) is 10.4. The Morgan fingerprint density at radius 3 is 2.67 bits per heavy atom. The lowest BCUT2D eigenvalue weighted by molar-refractivity contribution is -0.133. The number of halogens is 1. The number of hydrogen-bond donors (Lipinski definition) is 0. The highest BCUT2D eigenvalue weighted by Crippen LogP contribution is 2.41. The predicted molar refractivity (Wildman–Crippen MR) is 106 cm³/mol. The van der Waals surface area contributed by atoms with Crippen molar-refractivity contribution >= 4 is 17.5 Å². The molecule has 0 atom stereocenters. The lowest BCUT2D eigenvalue weighted by atomic mass is 9.72. The largest absolute Gasteiger partial charge is 0.342 e. The lowest BCUT2D eigenvalue weighted by Crippen LogP contribution is -2.44. The fourth-order valence-electron chi connectivity index (χ4n) is 4.59. The van der Waals surface area contributed by atoms with E-state index in [2.05, 4.69) is 21.7 Å². The number of aromatic nitrogens is 3. The molecule has 2 aliphatic heterocycles. The summed E-state index contributed by atoms with van der Waals surface area (Å²) in [5, 5.41) is 9.41. The average Bonchev–Trinajstić information content (AvgIpc) is 2.99. The molecule has 0 aliphatic carbocycles. The third kappa shape index (κ3) is 3.88. The second-order valence-electron chi connectivity index (χ2n) is 7.98. The molecule has 1 aromatic carbocycles. The Balaban J connectivity index is 1.36.